The molecule has 0 aromatic carbocycles. The highest BCUT2D eigenvalue weighted by molar-refractivity contribution is 5.40. The second-order valence-electron chi connectivity index (χ2n) is 4.88. The number of allylic oxidation sites excluding steroid dienone is 1. The summed E-state index contributed by atoms with van der Waals surface area (Å²) >= 11 is 0. The SMILES string of the molecule is CC1(C)C=C(N=C=O)CC(C)(N=C=O)C1. The van der Waals surface area contributed by atoms with E-state index in [4.69, 9.17) is 0 Å². The smallest absolute Gasteiger partial charge is 0.211 e. The summed E-state index contributed by atoms with van der Waals surface area (Å²) in [5, 5.41) is 0. The zero-order valence-electron chi connectivity index (χ0n) is 9.20. The molecule has 4 heteroatoms. The normalized spacial score (nSPS) is 28.3. The standard InChI is InChI=1S/C11H14N2O2/c1-10(2)4-9(12-7-14)5-11(3,6-10)13-8-15/h4H,5-6H2,1-3H3. The van der Waals surface area contributed by atoms with Crippen molar-refractivity contribution in [2.24, 2.45) is 15.4 Å². The average molecular weight is 206 g/mol. The van der Waals surface area contributed by atoms with Gasteiger partial charge >= 0.3 is 0 Å². The maximum absolute atomic E-state index is 10.3. The molecule has 0 aromatic rings. The molecule has 0 aliphatic heterocycles. The molecule has 15 heavy (non-hydrogen) atoms. The van der Waals surface area contributed by atoms with Gasteiger partial charge in [-0.05, 0) is 18.8 Å². The number of nitrogens with zero attached hydrogens (tertiary/aromatic N) is 2. The van der Waals surface area contributed by atoms with Crippen molar-refractivity contribution in [3.8, 4) is 0 Å². The van der Waals surface area contributed by atoms with Crippen LogP contribution in [0.5, 0.6) is 0 Å². The zero-order chi connectivity index (χ0) is 11.5. The van der Waals surface area contributed by atoms with Gasteiger partial charge in [0.25, 0.3) is 0 Å². The van der Waals surface area contributed by atoms with Crippen LogP contribution in [0.15, 0.2) is 21.8 Å². The van der Waals surface area contributed by atoms with E-state index in [0.717, 1.165) is 6.42 Å². The van der Waals surface area contributed by atoms with E-state index in [-0.39, 0.29) is 5.41 Å². The Morgan fingerprint density at radius 3 is 2.47 bits per heavy atom. The van der Waals surface area contributed by atoms with Crippen LogP contribution in [0, 0.1) is 5.41 Å². The molecular weight excluding hydrogens is 192 g/mol. The average Bonchev–Trinajstić information content (AvgIpc) is 1.99. The van der Waals surface area contributed by atoms with E-state index in [1.54, 1.807) is 6.08 Å². The first kappa shape index (κ1) is 11.6. The van der Waals surface area contributed by atoms with Gasteiger partial charge in [-0.3, -0.25) is 0 Å². The molecule has 1 aliphatic rings. The molecule has 80 valence electrons. The Kier molecular flexibility index (Phi) is 3.04. The number of isocyanates is 2. The highest BCUT2D eigenvalue weighted by Gasteiger charge is 2.36. The van der Waals surface area contributed by atoms with E-state index >= 15 is 0 Å². The van der Waals surface area contributed by atoms with Crippen molar-refractivity contribution in [1.82, 2.24) is 0 Å². The summed E-state index contributed by atoms with van der Waals surface area (Å²) in [6.07, 6.45) is 6.27. The summed E-state index contributed by atoms with van der Waals surface area (Å²) < 4.78 is 0. The Hall–Kier alpha value is -1.50. The topological polar surface area (TPSA) is 58.9 Å². The lowest BCUT2D eigenvalue weighted by Crippen LogP contribution is -2.33. The Balaban J connectivity index is 3.10. The minimum absolute atomic E-state index is 0.122. The fraction of sp³-hybridized carbons (Fsp3) is 0.636. The van der Waals surface area contributed by atoms with Crippen molar-refractivity contribution in [2.45, 2.75) is 39.2 Å². The summed E-state index contributed by atoms with van der Waals surface area (Å²) in [5.41, 5.74) is 0.0152. The molecule has 0 aromatic heterocycles. The Labute approximate surface area is 88.8 Å². The number of rotatable bonds is 2. The fourth-order valence-corrected chi connectivity index (χ4v) is 2.31. The molecule has 4 nitrogen and oxygen atoms in total. The predicted molar refractivity (Wildman–Crippen MR) is 55.7 cm³/mol. The van der Waals surface area contributed by atoms with Crippen LogP contribution < -0.4 is 0 Å². The minimum atomic E-state index is -0.504. The van der Waals surface area contributed by atoms with Crippen LogP contribution in [0.25, 0.3) is 0 Å². The first-order chi connectivity index (χ1) is 6.91. The van der Waals surface area contributed by atoms with Crippen molar-refractivity contribution < 1.29 is 9.59 Å². The van der Waals surface area contributed by atoms with E-state index in [9.17, 15) is 9.59 Å². The maximum Gasteiger partial charge on any atom is 0.240 e. The van der Waals surface area contributed by atoms with Crippen molar-refractivity contribution in [3.63, 3.8) is 0 Å². The van der Waals surface area contributed by atoms with Gasteiger partial charge in [-0.1, -0.05) is 19.9 Å². The second-order valence-corrected chi connectivity index (χ2v) is 4.88. The summed E-state index contributed by atoms with van der Waals surface area (Å²) in [5.74, 6) is 0. The van der Waals surface area contributed by atoms with Crippen LogP contribution in [-0.2, 0) is 9.59 Å². The molecule has 1 unspecified atom stereocenters. The molecule has 0 spiro atoms. The summed E-state index contributed by atoms with van der Waals surface area (Å²) in [4.78, 5) is 28.0. The summed E-state index contributed by atoms with van der Waals surface area (Å²) in [6, 6.07) is 0. The van der Waals surface area contributed by atoms with Crippen LogP contribution in [0.1, 0.15) is 33.6 Å². The third-order valence-corrected chi connectivity index (χ3v) is 2.46. The molecule has 1 atom stereocenters. The maximum atomic E-state index is 10.3. The Bertz CT molecular complexity index is 385. The van der Waals surface area contributed by atoms with E-state index in [1.807, 2.05) is 26.8 Å². The minimum Gasteiger partial charge on any atom is -0.211 e. The molecule has 1 rings (SSSR count). The number of hydrogen-bond acceptors (Lipinski definition) is 4. The van der Waals surface area contributed by atoms with Gasteiger partial charge in [0, 0.05) is 6.42 Å². The molecule has 0 saturated carbocycles. The fourth-order valence-electron chi connectivity index (χ4n) is 2.31. The van der Waals surface area contributed by atoms with Crippen LogP contribution in [-0.4, -0.2) is 17.7 Å². The van der Waals surface area contributed by atoms with Crippen LogP contribution in [0.4, 0.5) is 0 Å². The quantitative estimate of drug-likeness (QED) is 0.513. The van der Waals surface area contributed by atoms with Crippen molar-refractivity contribution in [2.75, 3.05) is 0 Å². The van der Waals surface area contributed by atoms with Crippen LogP contribution in [0.3, 0.4) is 0 Å². The molecule has 0 fully saturated rings. The molecule has 0 radical (unpaired) electrons. The number of carbonyl (C=O) groups excluding carboxylic acids is 2. The highest BCUT2D eigenvalue weighted by Crippen LogP contribution is 2.41. The van der Waals surface area contributed by atoms with E-state index in [1.165, 1.54) is 6.08 Å². The molecule has 1 aliphatic carbocycles. The van der Waals surface area contributed by atoms with Crippen molar-refractivity contribution >= 4 is 12.2 Å². The molecule has 0 saturated heterocycles. The van der Waals surface area contributed by atoms with Crippen molar-refractivity contribution in [1.29, 1.82) is 0 Å². The Morgan fingerprint density at radius 1 is 1.27 bits per heavy atom. The second kappa shape index (κ2) is 3.93. The lowest BCUT2D eigenvalue weighted by molar-refractivity contribution is 0.279. The van der Waals surface area contributed by atoms with Gasteiger partial charge in [0.15, 0.2) is 0 Å². The van der Waals surface area contributed by atoms with Crippen molar-refractivity contribution in [3.05, 3.63) is 11.8 Å². The largest absolute Gasteiger partial charge is 0.240 e. The Morgan fingerprint density at radius 2 is 1.93 bits per heavy atom. The first-order valence-electron chi connectivity index (χ1n) is 4.79. The third-order valence-electron chi connectivity index (χ3n) is 2.46. The lowest BCUT2D eigenvalue weighted by Gasteiger charge is -2.36. The number of hydrogen-bond donors (Lipinski definition) is 0. The van der Waals surface area contributed by atoms with Crippen LogP contribution >= 0.6 is 0 Å². The van der Waals surface area contributed by atoms with E-state index in [2.05, 4.69) is 9.98 Å². The predicted octanol–water partition coefficient (Wildman–Crippen LogP) is 2.12. The lowest BCUT2D eigenvalue weighted by atomic mass is 9.72. The highest BCUT2D eigenvalue weighted by atomic mass is 16.1. The van der Waals surface area contributed by atoms with Gasteiger partial charge in [0.05, 0.1) is 11.2 Å². The molecular formula is C11H14N2O2. The van der Waals surface area contributed by atoms with Gasteiger partial charge < -0.3 is 0 Å². The molecule has 0 heterocycles. The van der Waals surface area contributed by atoms with Crippen LogP contribution in [0.2, 0.25) is 0 Å². The third kappa shape index (κ3) is 2.98. The number of aliphatic imine (C=N–C) groups is 2. The van der Waals surface area contributed by atoms with Gasteiger partial charge in [0.1, 0.15) is 0 Å². The molecule has 0 bridgehead atoms. The summed E-state index contributed by atoms with van der Waals surface area (Å²) in [6.45, 7) is 5.91. The first-order valence-corrected chi connectivity index (χ1v) is 4.79. The van der Waals surface area contributed by atoms with Gasteiger partial charge in [0.2, 0.25) is 12.2 Å². The molecule has 0 amide bonds. The zero-order valence-corrected chi connectivity index (χ0v) is 9.20. The monoisotopic (exact) mass is 206 g/mol. The van der Waals surface area contributed by atoms with Gasteiger partial charge in [-0.15, -0.1) is 0 Å². The van der Waals surface area contributed by atoms with Gasteiger partial charge in [-0.2, -0.15) is 9.98 Å². The summed E-state index contributed by atoms with van der Waals surface area (Å²) in [7, 11) is 0. The van der Waals surface area contributed by atoms with Gasteiger partial charge in [-0.25, -0.2) is 9.59 Å². The van der Waals surface area contributed by atoms with E-state index in [0.29, 0.717) is 12.1 Å². The molecule has 0 N–H and O–H groups in total. The van der Waals surface area contributed by atoms with E-state index < -0.39 is 5.54 Å².